The third kappa shape index (κ3) is 3.47. The first kappa shape index (κ1) is 15.0. The van der Waals surface area contributed by atoms with Crippen molar-refractivity contribution in [1.29, 1.82) is 0 Å². The predicted octanol–water partition coefficient (Wildman–Crippen LogP) is 2.20. The normalized spacial score (nSPS) is 34.4. The number of hydrogen-bond acceptors (Lipinski definition) is 5. The van der Waals surface area contributed by atoms with Gasteiger partial charge in [0.1, 0.15) is 0 Å². The van der Waals surface area contributed by atoms with Crippen molar-refractivity contribution in [3.8, 4) is 0 Å². The number of esters is 1. The van der Waals surface area contributed by atoms with Crippen molar-refractivity contribution in [2.24, 2.45) is 5.92 Å². The van der Waals surface area contributed by atoms with Crippen LogP contribution in [0.2, 0.25) is 0 Å². The smallest absolute Gasteiger partial charge is 0.330 e. The van der Waals surface area contributed by atoms with E-state index >= 15 is 0 Å². The van der Waals surface area contributed by atoms with E-state index < -0.39 is 0 Å². The van der Waals surface area contributed by atoms with Gasteiger partial charge in [0.05, 0.1) is 32.0 Å². The molecule has 0 radical (unpaired) electrons. The molecule has 0 bridgehead atoms. The summed E-state index contributed by atoms with van der Waals surface area (Å²) in [6.07, 6.45) is 8.54. The summed E-state index contributed by atoms with van der Waals surface area (Å²) in [6.45, 7) is 3.64. The average Bonchev–Trinajstić information content (AvgIpc) is 3.06. The van der Waals surface area contributed by atoms with Gasteiger partial charge in [-0.05, 0) is 32.1 Å². The fraction of sp³-hybridized carbons (Fsp3) is 0.812. The minimum absolute atomic E-state index is 0.197. The fourth-order valence-corrected chi connectivity index (χ4v) is 3.70. The van der Waals surface area contributed by atoms with Gasteiger partial charge < -0.3 is 18.9 Å². The van der Waals surface area contributed by atoms with E-state index in [1.165, 1.54) is 6.08 Å². The molecule has 3 aliphatic rings. The number of carbonyl (C=O) groups is 1. The molecular formula is C16H24O5. The van der Waals surface area contributed by atoms with Crippen LogP contribution in [0.15, 0.2) is 12.2 Å². The molecule has 1 saturated carbocycles. The predicted molar refractivity (Wildman–Crippen MR) is 75.6 cm³/mol. The number of rotatable bonds is 4. The second-order valence-electron chi connectivity index (χ2n) is 6.03. The molecule has 0 aromatic rings. The van der Waals surface area contributed by atoms with Crippen LogP contribution < -0.4 is 0 Å². The first-order valence-electron chi connectivity index (χ1n) is 7.97. The number of carbonyl (C=O) groups excluding carboxylic acids is 1. The van der Waals surface area contributed by atoms with E-state index in [1.807, 2.05) is 6.08 Å². The number of fused-ring (bicyclic) bond motifs is 1. The van der Waals surface area contributed by atoms with Crippen LogP contribution >= 0.6 is 0 Å². The van der Waals surface area contributed by atoms with Crippen molar-refractivity contribution in [2.75, 3.05) is 19.8 Å². The van der Waals surface area contributed by atoms with Gasteiger partial charge >= 0.3 is 5.97 Å². The molecule has 2 aliphatic heterocycles. The highest BCUT2D eigenvalue weighted by molar-refractivity contribution is 5.81. The molecule has 118 valence electrons. The molecular weight excluding hydrogens is 272 g/mol. The van der Waals surface area contributed by atoms with Gasteiger partial charge in [0.15, 0.2) is 5.79 Å². The van der Waals surface area contributed by atoms with E-state index in [4.69, 9.17) is 18.9 Å². The third-order valence-electron chi connectivity index (χ3n) is 4.59. The molecule has 0 amide bonds. The minimum atomic E-state index is -0.333. The lowest BCUT2D eigenvalue weighted by Gasteiger charge is -2.37. The van der Waals surface area contributed by atoms with Gasteiger partial charge in [-0.15, -0.1) is 0 Å². The van der Waals surface area contributed by atoms with Gasteiger partial charge in [-0.1, -0.05) is 6.08 Å². The van der Waals surface area contributed by atoms with Crippen LogP contribution in [0.1, 0.15) is 39.0 Å². The molecule has 1 spiro atoms. The zero-order valence-electron chi connectivity index (χ0n) is 12.6. The van der Waals surface area contributed by atoms with E-state index in [2.05, 4.69) is 0 Å². The molecule has 2 unspecified atom stereocenters. The summed E-state index contributed by atoms with van der Waals surface area (Å²) < 4.78 is 22.6. The maximum absolute atomic E-state index is 11.3. The van der Waals surface area contributed by atoms with Gasteiger partial charge in [0, 0.05) is 18.9 Å². The van der Waals surface area contributed by atoms with Crippen LogP contribution in [-0.2, 0) is 23.7 Å². The Morgan fingerprint density at radius 3 is 2.95 bits per heavy atom. The molecule has 3 rings (SSSR count). The van der Waals surface area contributed by atoms with Crippen molar-refractivity contribution in [3.05, 3.63) is 12.2 Å². The summed E-state index contributed by atoms with van der Waals surface area (Å²) >= 11 is 0. The topological polar surface area (TPSA) is 54.0 Å². The van der Waals surface area contributed by atoms with Crippen molar-refractivity contribution < 1.29 is 23.7 Å². The molecule has 5 nitrogen and oxygen atoms in total. The second kappa shape index (κ2) is 6.46. The quantitative estimate of drug-likeness (QED) is 0.588. The Balaban J connectivity index is 1.48. The zero-order valence-corrected chi connectivity index (χ0v) is 12.6. The second-order valence-corrected chi connectivity index (χ2v) is 6.03. The highest BCUT2D eigenvalue weighted by Crippen LogP contribution is 2.45. The number of hydrogen-bond donors (Lipinski definition) is 0. The summed E-state index contributed by atoms with van der Waals surface area (Å²) in [5, 5.41) is 0. The van der Waals surface area contributed by atoms with Crippen molar-refractivity contribution in [1.82, 2.24) is 0 Å². The van der Waals surface area contributed by atoms with Gasteiger partial charge in [0.2, 0.25) is 0 Å². The lowest BCUT2D eigenvalue weighted by atomic mass is 9.81. The third-order valence-corrected chi connectivity index (χ3v) is 4.59. The lowest BCUT2D eigenvalue weighted by molar-refractivity contribution is -0.197. The minimum Gasteiger partial charge on any atom is -0.463 e. The summed E-state index contributed by atoms with van der Waals surface area (Å²) in [4.78, 5) is 11.3. The van der Waals surface area contributed by atoms with Gasteiger partial charge in [0.25, 0.3) is 0 Å². The summed E-state index contributed by atoms with van der Waals surface area (Å²) in [6, 6.07) is 0. The van der Waals surface area contributed by atoms with E-state index in [-0.39, 0.29) is 17.9 Å². The molecule has 2 saturated heterocycles. The highest BCUT2D eigenvalue weighted by atomic mass is 16.7. The zero-order chi connectivity index (χ0) is 14.7. The van der Waals surface area contributed by atoms with Gasteiger partial charge in [-0.2, -0.15) is 0 Å². The van der Waals surface area contributed by atoms with Gasteiger partial charge in [-0.3, -0.25) is 0 Å². The molecule has 0 aromatic carbocycles. The summed E-state index contributed by atoms with van der Waals surface area (Å²) in [5.74, 6) is -0.0994. The monoisotopic (exact) mass is 296 g/mol. The van der Waals surface area contributed by atoms with Crippen LogP contribution in [0.5, 0.6) is 0 Å². The van der Waals surface area contributed by atoms with E-state index in [1.54, 1.807) is 6.92 Å². The van der Waals surface area contributed by atoms with E-state index in [0.29, 0.717) is 31.8 Å². The summed E-state index contributed by atoms with van der Waals surface area (Å²) in [5.41, 5.74) is 0. The Labute approximate surface area is 125 Å². The van der Waals surface area contributed by atoms with Gasteiger partial charge in [-0.25, -0.2) is 4.79 Å². The Kier molecular flexibility index (Phi) is 4.62. The summed E-state index contributed by atoms with van der Waals surface area (Å²) in [7, 11) is 0. The maximum atomic E-state index is 11.3. The average molecular weight is 296 g/mol. The first-order valence-corrected chi connectivity index (χ1v) is 7.97. The fourth-order valence-electron chi connectivity index (χ4n) is 3.70. The molecule has 21 heavy (non-hydrogen) atoms. The van der Waals surface area contributed by atoms with Crippen molar-refractivity contribution in [2.45, 2.75) is 57.0 Å². The van der Waals surface area contributed by atoms with Crippen molar-refractivity contribution in [3.63, 3.8) is 0 Å². The van der Waals surface area contributed by atoms with Crippen LogP contribution in [0, 0.1) is 5.92 Å². The van der Waals surface area contributed by atoms with Crippen LogP contribution in [0.25, 0.3) is 0 Å². The molecule has 5 heteroatoms. The standard InChI is InChI=1S/C16H24O5/c1-2-18-15(17)5-3-4-13-10-12-11-16(19-8-9-20-16)7-6-14(12)21-13/h3,5,12-14H,2,4,6-11H2,1H3/t12-,13?,14?/m1/s1. The molecule has 3 atom stereocenters. The first-order chi connectivity index (χ1) is 10.2. The Morgan fingerprint density at radius 2 is 2.19 bits per heavy atom. The highest BCUT2D eigenvalue weighted by Gasteiger charge is 2.48. The van der Waals surface area contributed by atoms with Crippen LogP contribution in [-0.4, -0.2) is 43.8 Å². The Bertz CT molecular complexity index is 399. The van der Waals surface area contributed by atoms with Crippen LogP contribution in [0.3, 0.4) is 0 Å². The molecule has 0 N–H and O–H groups in total. The maximum Gasteiger partial charge on any atom is 0.330 e. The van der Waals surface area contributed by atoms with Crippen LogP contribution in [0.4, 0.5) is 0 Å². The lowest BCUT2D eigenvalue weighted by Crippen LogP contribution is -2.40. The van der Waals surface area contributed by atoms with Crippen molar-refractivity contribution >= 4 is 5.97 Å². The SMILES string of the molecule is CCOC(=O)C=CCC1C[C@@H]2CC3(CCC2O1)OCCO3. The molecule has 2 heterocycles. The number of ether oxygens (including phenoxy) is 4. The molecule has 1 aliphatic carbocycles. The largest absolute Gasteiger partial charge is 0.463 e. The Morgan fingerprint density at radius 1 is 1.38 bits per heavy atom. The van der Waals surface area contributed by atoms with E-state index in [0.717, 1.165) is 32.1 Å². The molecule has 3 fully saturated rings. The van der Waals surface area contributed by atoms with E-state index in [9.17, 15) is 4.79 Å². The molecule has 0 aromatic heterocycles. The Hall–Kier alpha value is -0.910.